The third-order valence-corrected chi connectivity index (χ3v) is 3.20. The van der Waals surface area contributed by atoms with Crippen molar-refractivity contribution >= 4 is 17.4 Å². The van der Waals surface area contributed by atoms with Crippen molar-refractivity contribution in [1.82, 2.24) is 4.98 Å². The van der Waals surface area contributed by atoms with Gasteiger partial charge in [0.25, 0.3) is 0 Å². The van der Waals surface area contributed by atoms with Crippen molar-refractivity contribution < 1.29 is 4.74 Å². The topological polar surface area (TPSA) is 34.1 Å². The lowest BCUT2D eigenvalue weighted by atomic mass is 9.85. The molecule has 0 aromatic carbocycles. The highest BCUT2D eigenvalue weighted by atomic mass is 35.5. The predicted molar refractivity (Wildman–Crippen MR) is 82.2 cm³/mol. The van der Waals surface area contributed by atoms with E-state index < -0.39 is 0 Å². The lowest BCUT2D eigenvalue weighted by Gasteiger charge is -2.32. The third-order valence-electron chi connectivity index (χ3n) is 2.99. The van der Waals surface area contributed by atoms with Crippen molar-refractivity contribution in [3.05, 3.63) is 18.3 Å². The first kappa shape index (κ1) is 16.1. The monoisotopic (exact) mass is 284 g/mol. The summed E-state index contributed by atoms with van der Waals surface area (Å²) in [6, 6.07) is 4.11. The Morgan fingerprint density at radius 3 is 2.74 bits per heavy atom. The van der Waals surface area contributed by atoms with Gasteiger partial charge in [0.1, 0.15) is 0 Å². The predicted octanol–water partition coefficient (Wildman–Crippen LogP) is 4.33. The minimum Gasteiger partial charge on any atom is -0.490 e. The Balaban J connectivity index is 2.83. The maximum absolute atomic E-state index is 5.90. The number of hydrogen-bond donors (Lipinski definition) is 1. The van der Waals surface area contributed by atoms with Crippen LogP contribution in [0.15, 0.2) is 18.3 Å². The van der Waals surface area contributed by atoms with E-state index in [0.717, 1.165) is 24.4 Å². The molecule has 3 nitrogen and oxygen atoms in total. The van der Waals surface area contributed by atoms with Gasteiger partial charge in [0.2, 0.25) is 0 Å². The summed E-state index contributed by atoms with van der Waals surface area (Å²) in [7, 11) is 0. The quantitative estimate of drug-likeness (QED) is 0.757. The summed E-state index contributed by atoms with van der Waals surface area (Å²) in [4.78, 5) is 4.39. The second-order valence-electron chi connectivity index (χ2n) is 5.74. The Morgan fingerprint density at radius 1 is 1.42 bits per heavy atom. The van der Waals surface area contributed by atoms with E-state index in [9.17, 15) is 0 Å². The zero-order valence-electron chi connectivity index (χ0n) is 12.4. The molecule has 1 atom stereocenters. The van der Waals surface area contributed by atoms with Crippen LogP contribution >= 0.6 is 11.6 Å². The zero-order valence-corrected chi connectivity index (χ0v) is 13.1. The van der Waals surface area contributed by atoms with Gasteiger partial charge in [-0.1, -0.05) is 27.7 Å². The van der Waals surface area contributed by atoms with Crippen LogP contribution in [0.3, 0.4) is 0 Å². The van der Waals surface area contributed by atoms with Crippen LogP contribution in [0.25, 0.3) is 0 Å². The molecule has 0 aliphatic carbocycles. The van der Waals surface area contributed by atoms with E-state index >= 15 is 0 Å². The van der Waals surface area contributed by atoms with Crippen molar-refractivity contribution in [1.29, 1.82) is 0 Å². The number of pyridine rings is 1. The normalized spacial score (nSPS) is 13.1. The summed E-state index contributed by atoms with van der Waals surface area (Å²) in [5.74, 6) is 2.25. The molecule has 1 rings (SSSR count). The Kier molecular flexibility index (Phi) is 6.43. The van der Waals surface area contributed by atoms with Crippen LogP contribution in [0.4, 0.5) is 5.82 Å². The number of alkyl halides is 1. The minimum atomic E-state index is 0.119. The molecule has 19 heavy (non-hydrogen) atoms. The van der Waals surface area contributed by atoms with Crippen LogP contribution in [-0.2, 0) is 0 Å². The first-order chi connectivity index (χ1) is 8.99. The van der Waals surface area contributed by atoms with E-state index in [1.54, 1.807) is 6.20 Å². The summed E-state index contributed by atoms with van der Waals surface area (Å²) in [6.45, 7) is 9.40. The number of halogens is 1. The lowest BCUT2D eigenvalue weighted by molar-refractivity contribution is 0.311. The van der Waals surface area contributed by atoms with Gasteiger partial charge in [0.15, 0.2) is 11.6 Å². The highest BCUT2D eigenvalue weighted by Crippen LogP contribution is 2.29. The molecule has 0 aliphatic heterocycles. The fourth-order valence-electron chi connectivity index (χ4n) is 1.82. The second kappa shape index (κ2) is 7.59. The molecule has 0 amide bonds. The van der Waals surface area contributed by atoms with Gasteiger partial charge in [-0.05, 0) is 30.4 Å². The smallest absolute Gasteiger partial charge is 0.168 e. The maximum Gasteiger partial charge on any atom is 0.168 e. The first-order valence-electron chi connectivity index (χ1n) is 6.89. The number of nitrogens with one attached hydrogen (secondary N) is 1. The summed E-state index contributed by atoms with van der Waals surface area (Å²) < 4.78 is 5.72. The van der Waals surface area contributed by atoms with Crippen molar-refractivity contribution in [3.8, 4) is 5.75 Å². The van der Waals surface area contributed by atoms with Crippen LogP contribution in [0.5, 0.6) is 5.75 Å². The molecule has 4 heteroatoms. The van der Waals surface area contributed by atoms with Crippen LogP contribution in [0.1, 0.15) is 40.5 Å². The van der Waals surface area contributed by atoms with Crippen LogP contribution in [-0.4, -0.2) is 23.5 Å². The van der Waals surface area contributed by atoms with E-state index in [1.807, 2.05) is 12.1 Å². The fourth-order valence-corrected chi connectivity index (χ4v) is 2.04. The SMILES string of the molecule is CCCOc1cccnc1NC(CCCl)C(C)(C)C. The highest BCUT2D eigenvalue weighted by molar-refractivity contribution is 6.17. The molecule has 0 spiro atoms. The van der Waals surface area contributed by atoms with Gasteiger partial charge in [-0.25, -0.2) is 4.98 Å². The van der Waals surface area contributed by atoms with Gasteiger partial charge in [-0.3, -0.25) is 0 Å². The zero-order chi connectivity index (χ0) is 14.3. The van der Waals surface area contributed by atoms with E-state index in [4.69, 9.17) is 16.3 Å². The van der Waals surface area contributed by atoms with Gasteiger partial charge in [-0.2, -0.15) is 0 Å². The molecule has 1 aromatic heterocycles. The standard InChI is InChI=1S/C15H25ClN2O/c1-5-11-19-12-7-6-10-17-14(12)18-13(8-9-16)15(2,3)4/h6-7,10,13H,5,8-9,11H2,1-4H3,(H,17,18). The first-order valence-corrected chi connectivity index (χ1v) is 7.42. The van der Waals surface area contributed by atoms with E-state index in [-0.39, 0.29) is 11.5 Å². The molecular formula is C15H25ClN2O. The number of hydrogen-bond acceptors (Lipinski definition) is 3. The molecule has 1 heterocycles. The Morgan fingerprint density at radius 2 is 2.16 bits per heavy atom. The van der Waals surface area contributed by atoms with Crippen LogP contribution in [0.2, 0.25) is 0 Å². The maximum atomic E-state index is 5.90. The van der Waals surface area contributed by atoms with Gasteiger partial charge in [-0.15, -0.1) is 11.6 Å². The fraction of sp³-hybridized carbons (Fsp3) is 0.667. The molecule has 1 aromatic rings. The molecule has 108 valence electrons. The summed E-state index contributed by atoms with van der Waals surface area (Å²) >= 11 is 5.90. The second-order valence-corrected chi connectivity index (χ2v) is 6.12. The molecule has 0 fully saturated rings. The van der Waals surface area contributed by atoms with Gasteiger partial charge < -0.3 is 10.1 Å². The number of nitrogens with zero attached hydrogens (tertiary/aromatic N) is 1. The molecule has 1 unspecified atom stereocenters. The molecule has 0 radical (unpaired) electrons. The van der Waals surface area contributed by atoms with E-state index in [1.165, 1.54) is 0 Å². The molecule has 0 saturated carbocycles. The molecule has 0 aliphatic rings. The molecule has 0 bridgehead atoms. The molecule has 1 N–H and O–H groups in total. The van der Waals surface area contributed by atoms with Gasteiger partial charge >= 0.3 is 0 Å². The third kappa shape index (κ3) is 5.27. The summed E-state index contributed by atoms with van der Waals surface area (Å²) in [5.41, 5.74) is 0.119. The van der Waals surface area contributed by atoms with Gasteiger partial charge in [0, 0.05) is 18.1 Å². The van der Waals surface area contributed by atoms with Crippen LogP contribution < -0.4 is 10.1 Å². The summed E-state index contributed by atoms with van der Waals surface area (Å²) in [6.07, 6.45) is 3.66. The van der Waals surface area contributed by atoms with Crippen molar-refractivity contribution in [2.24, 2.45) is 5.41 Å². The minimum absolute atomic E-state index is 0.119. The van der Waals surface area contributed by atoms with E-state index in [0.29, 0.717) is 12.5 Å². The van der Waals surface area contributed by atoms with Crippen molar-refractivity contribution in [2.75, 3.05) is 17.8 Å². The number of ether oxygens (including phenoxy) is 1. The Labute approximate surface area is 121 Å². The van der Waals surface area contributed by atoms with Crippen LogP contribution in [0, 0.1) is 5.41 Å². The highest BCUT2D eigenvalue weighted by Gasteiger charge is 2.25. The summed E-state index contributed by atoms with van der Waals surface area (Å²) in [5, 5.41) is 3.48. The Bertz CT molecular complexity index is 377. The van der Waals surface area contributed by atoms with Crippen molar-refractivity contribution in [3.63, 3.8) is 0 Å². The lowest BCUT2D eigenvalue weighted by Crippen LogP contribution is -2.34. The number of aromatic nitrogens is 1. The average Bonchev–Trinajstić information content (AvgIpc) is 2.36. The average molecular weight is 285 g/mol. The van der Waals surface area contributed by atoms with E-state index in [2.05, 4.69) is 38.0 Å². The molecular weight excluding hydrogens is 260 g/mol. The number of rotatable bonds is 7. The molecule has 0 saturated heterocycles. The van der Waals surface area contributed by atoms with Gasteiger partial charge in [0.05, 0.1) is 6.61 Å². The van der Waals surface area contributed by atoms with Crippen molar-refractivity contribution in [2.45, 2.75) is 46.6 Å². The number of anilines is 1. The Hall–Kier alpha value is -0.960. The largest absolute Gasteiger partial charge is 0.490 e.